The lowest BCUT2D eigenvalue weighted by Gasteiger charge is -2.22. The van der Waals surface area contributed by atoms with E-state index in [1.54, 1.807) is 39.4 Å². The van der Waals surface area contributed by atoms with Crippen molar-refractivity contribution in [1.29, 1.82) is 0 Å². The molecule has 0 aliphatic rings. The van der Waals surface area contributed by atoms with Crippen molar-refractivity contribution in [2.24, 2.45) is 12.8 Å². The molecule has 2 amide bonds. The fraction of sp³-hybridized carbons (Fsp3) is 0.545. The summed E-state index contributed by atoms with van der Waals surface area (Å²) in [6, 6.07) is 0. The summed E-state index contributed by atoms with van der Waals surface area (Å²) in [5.41, 5.74) is 5.99. The van der Waals surface area contributed by atoms with Gasteiger partial charge in [-0.05, 0) is 27.7 Å². The van der Waals surface area contributed by atoms with Gasteiger partial charge in [0.15, 0.2) is 0 Å². The fourth-order valence-electron chi connectivity index (χ4n) is 1.51. The second kappa shape index (κ2) is 4.20. The third kappa shape index (κ3) is 2.46. The number of carbonyl (C=O) groups is 2. The normalized spacial score (nSPS) is 11.4. The highest BCUT2D eigenvalue weighted by Gasteiger charge is 2.29. The number of amides is 2. The predicted octanol–water partition coefficient (Wildman–Crippen LogP) is 0.0306. The average Bonchev–Trinajstić information content (AvgIpc) is 2.39. The fourth-order valence-corrected chi connectivity index (χ4v) is 1.51. The topological polar surface area (TPSA) is 90.0 Å². The number of aromatic nitrogens is 2. The van der Waals surface area contributed by atoms with E-state index in [1.807, 2.05) is 0 Å². The number of carbonyl (C=O) groups excluding carboxylic acids is 2. The Morgan fingerprint density at radius 1 is 1.35 bits per heavy atom. The van der Waals surface area contributed by atoms with Gasteiger partial charge in [-0.3, -0.25) is 14.3 Å². The third-order valence-corrected chi connectivity index (χ3v) is 2.78. The maximum atomic E-state index is 12.0. The van der Waals surface area contributed by atoms with Gasteiger partial charge in [0.25, 0.3) is 5.91 Å². The van der Waals surface area contributed by atoms with Gasteiger partial charge < -0.3 is 11.1 Å². The van der Waals surface area contributed by atoms with Gasteiger partial charge >= 0.3 is 0 Å². The largest absolute Gasteiger partial charge is 0.368 e. The van der Waals surface area contributed by atoms with E-state index in [0.29, 0.717) is 11.3 Å². The van der Waals surface area contributed by atoms with Crippen LogP contribution in [0.15, 0.2) is 0 Å². The molecule has 1 rings (SSSR count). The maximum absolute atomic E-state index is 12.0. The molecule has 1 aromatic rings. The lowest BCUT2D eigenvalue weighted by molar-refractivity contribution is -0.122. The van der Waals surface area contributed by atoms with E-state index in [-0.39, 0.29) is 5.91 Å². The van der Waals surface area contributed by atoms with Crippen LogP contribution in [0.3, 0.4) is 0 Å². The van der Waals surface area contributed by atoms with Crippen molar-refractivity contribution in [3.63, 3.8) is 0 Å². The van der Waals surface area contributed by atoms with E-state index in [0.717, 1.165) is 5.69 Å². The van der Waals surface area contributed by atoms with E-state index in [2.05, 4.69) is 10.4 Å². The molecule has 0 saturated carbocycles. The Bertz CT molecular complexity index is 474. The molecule has 0 unspecified atom stereocenters. The summed E-state index contributed by atoms with van der Waals surface area (Å²) >= 11 is 0. The molecule has 0 fully saturated rings. The predicted molar refractivity (Wildman–Crippen MR) is 63.4 cm³/mol. The third-order valence-electron chi connectivity index (χ3n) is 2.78. The van der Waals surface area contributed by atoms with Crippen molar-refractivity contribution in [2.45, 2.75) is 33.2 Å². The zero-order valence-electron chi connectivity index (χ0n) is 10.8. The van der Waals surface area contributed by atoms with Crippen LogP contribution in [0.4, 0.5) is 0 Å². The van der Waals surface area contributed by atoms with Crippen LogP contribution < -0.4 is 11.1 Å². The minimum absolute atomic E-state index is 0.336. The van der Waals surface area contributed by atoms with Crippen LogP contribution in [0, 0.1) is 13.8 Å². The van der Waals surface area contributed by atoms with Gasteiger partial charge in [-0.2, -0.15) is 5.10 Å². The second-order valence-corrected chi connectivity index (χ2v) is 4.61. The monoisotopic (exact) mass is 238 g/mol. The van der Waals surface area contributed by atoms with Gasteiger partial charge in [-0.1, -0.05) is 0 Å². The van der Waals surface area contributed by atoms with Gasteiger partial charge in [-0.25, -0.2) is 0 Å². The van der Waals surface area contributed by atoms with Crippen LogP contribution in [0.1, 0.15) is 35.6 Å². The van der Waals surface area contributed by atoms with Crippen molar-refractivity contribution in [3.05, 3.63) is 17.0 Å². The van der Waals surface area contributed by atoms with E-state index in [9.17, 15) is 9.59 Å². The van der Waals surface area contributed by atoms with Crippen LogP contribution >= 0.6 is 0 Å². The number of nitrogens with zero attached hydrogens (tertiary/aromatic N) is 2. The van der Waals surface area contributed by atoms with E-state index in [1.165, 1.54) is 0 Å². The van der Waals surface area contributed by atoms with Crippen LogP contribution in [0.5, 0.6) is 0 Å². The van der Waals surface area contributed by atoms with E-state index < -0.39 is 11.4 Å². The Labute approximate surface area is 100 Å². The number of primary amides is 1. The van der Waals surface area contributed by atoms with Crippen molar-refractivity contribution in [2.75, 3.05) is 0 Å². The first-order valence-electron chi connectivity index (χ1n) is 5.29. The molecule has 0 bridgehead atoms. The number of hydrogen-bond acceptors (Lipinski definition) is 3. The number of rotatable bonds is 3. The zero-order chi connectivity index (χ0) is 13.4. The Morgan fingerprint density at radius 2 is 1.88 bits per heavy atom. The van der Waals surface area contributed by atoms with Gasteiger partial charge in [0.2, 0.25) is 5.91 Å². The molecule has 0 aliphatic carbocycles. The molecule has 17 heavy (non-hydrogen) atoms. The Hall–Kier alpha value is -1.85. The summed E-state index contributed by atoms with van der Waals surface area (Å²) in [6.07, 6.45) is 0. The summed E-state index contributed by atoms with van der Waals surface area (Å²) in [4.78, 5) is 23.2. The summed E-state index contributed by atoms with van der Waals surface area (Å²) < 4.78 is 1.63. The van der Waals surface area contributed by atoms with E-state index >= 15 is 0 Å². The maximum Gasteiger partial charge on any atom is 0.255 e. The molecule has 0 saturated heterocycles. The average molecular weight is 238 g/mol. The number of aryl methyl sites for hydroxylation is 2. The highest BCUT2D eigenvalue weighted by atomic mass is 16.2. The van der Waals surface area contributed by atoms with Crippen LogP contribution in [0.25, 0.3) is 0 Å². The minimum Gasteiger partial charge on any atom is -0.368 e. The Kier molecular flexibility index (Phi) is 3.26. The molecule has 94 valence electrons. The van der Waals surface area contributed by atoms with Gasteiger partial charge in [-0.15, -0.1) is 0 Å². The number of nitrogens with two attached hydrogens (primary N) is 1. The van der Waals surface area contributed by atoms with Crippen molar-refractivity contribution in [3.8, 4) is 0 Å². The molecule has 6 nitrogen and oxygen atoms in total. The van der Waals surface area contributed by atoms with Gasteiger partial charge in [0.05, 0.1) is 11.3 Å². The van der Waals surface area contributed by atoms with Crippen LogP contribution in [-0.2, 0) is 11.8 Å². The van der Waals surface area contributed by atoms with Gasteiger partial charge in [0.1, 0.15) is 5.54 Å². The summed E-state index contributed by atoms with van der Waals surface area (Å²) in [7, 11) is 1.76. The molecular formula is C11H18N4O2. The molecule has 6 heteroatoms. The van der Waals surface area contributed by atoms with Gasteiger partial charge in [0, 0.05) is 12.7 Å². The van der Waals surface area contributed by atoms with Crippen LogP contribution in [0.2, 0.25) is 0 Å². The molecule has 0 aromatic carbocycles. The lowest BCUT2D eigenvalue weighted by Crippen LogP contribution is -2.53. The summed E-state index contributed by atoms with van der Waals surface area (Å²) in [6.45, 7) is 6.67. The van der Waals surface area contributed by atoms with Crippen LogP contribution in [-0.4, -0.2) is 27.1 Å². The summed E-state index contributed by atoms with van der Waals surface area (Å²) in [5.74, 6) is -0.915. The molecule has 1 aromatic heterocycles. The SMILES string of the molecule is Cc1nn(C)c(C)c1C(=O)NC(C)(C)C(N)=O. The molecule has 0 spiro atoms. The standard InChI is InChI=1S/C11H18N4O2/c1-6-8(7(2)15(5)14-6)9(16)13-11(3,4)10(12)17/h1-5H3,(H2,12,17)(H,13,16). The highest BCUT2D eigenvalue weighted by molar-refractivity contribution is 6.00. The number of hydrogen-bond donors (Lipinski definition) is 2. The quantitative estimate of drug-likeness (QED) is 0.778. The van der Waals surface area contributed by atoms with E-state index in [4.69, 9.17) is 5.73 Å². The first kappa shape index (κ1) is 13.2. The number of nitrogens with one attached hydrogen (secondary N) is 1. The van der Waals surface area contributed by atoms with Crippen molar-refractivity contribution < 1.29 is 9.59 Å². The van der Waals surface area contributed by atoms with Crippen molar-refractivity contribution >= 4 is 11.8 Å². The second-order valence-electron chi connectivity index (χ2n) is 4.61. The first-order valence-corrected chi connectivity index (χ1v) is 5.29. The Morgan fingerprint density at radius 3 is 2.24 bits per heavy atom. The Balaban J connectivity index is 3.03. The molecule has 0 atom stereocenters. The molecular weight excluding hydrogens is 220 g/mol. The molecule has 3 N–H and O–H groups in total. The highest BCUT2D eigenvalue weighted by Crippen LogP contribution is 2.13. The molecule has 0 aliphatic heterocycles. The summed E-state index contributed by atoms with van der Waals surface area (Å²) in [5, 5.41) is 6.75. The first-order chi connectivity index (χ1) is 7.66. The lowest BCUT2D eigenvalue weighted by atomic mass is 10.0. The smallest absolute Gasteiger partial charge is 0.255 e. The molecule has 1 heterocycles. The minimum atomic E-state index is -1.08. The van der Waals surface area contributed by atoms with Crippen molar-refractivity contribution in [1.82, 2.24) is 15.1 Å². The zero-order valence-corrected chi connectivity index (χ0v) is 10.8. The molecule has 0 radical (unpaired) electrons.